The molecule has 51 heavy (non-hydrogen) atoms. The number of carbonyl (C=O) groups excluding carboxylic acids is 5. The number of carboxylic acids is 1. The van der Waals surface area contributed by atoms with E-state index in [-0.39, 0.29) is 55.3 Å². The van der Waals surface area contributed by atoms with Gasteiger partial charge in [-0.2, -0.15) is 12.6 Å². The predicted molar refractivity (Wildman–Crippen MR) is 188 cm³/mol. The van der Waals surface area contributed by atoms with Crippen molar-refractivity contribution in [3.8, 4) is 11.5 Å². The summed E-state index contributed by atoms with van der Waals surface area (Å²) in [6.07, 6.45) is -0.278. The Bertz CT molecular complexity index is 1530. The molecule has 0 aliphatic carbocycles. The lowest BCUT2D eigenvalue weighted by atomic mass is 10.0. The standard InChI is InChI=1S/C32H45N9O9S/c33-21(2-1-13-37-32(35)36)27(45)39-23(14-17-3-7-19(42)8-4-17)29(47)41-25(16-51)30(48)40-24(15-18-5-9-20(43)10-6-18)28(46)38-22(31(49)50)11-12-26(34)44/h3-10,21-25,42-43,51H,1-2,11-16,33H2,(H2,34,44)(H,38,46)(H,39,45)(H,40,48)(H,41,47)(H,49,50)(H4,35,36,37)/t21-,22-,23-,24-,25-/m0/s1. The maximum absolute atomic E-state index is 13.6. The van der Waals surface area contributed by atoms with Crippen LogP contribution in [-0.4, -0.2) is 99.3 Å². The van der Waals surface area contributed by atoms with Crippen LogP contribution in [-0.2, 0) is 41.6 Å². The number of hydrogen-bond donors (Lipinski definition) is 13. The highest BCUT2D eigenvalue weighted by Gasteiger charge is 2.32. The van der Waals surface area contributed by atoms with Gasteiger partial charge >= 0.3 is 5.97 Å². The van der Waals surface area contributed by atoms with Crippen LogP contribution >= 0.6 is 12.6 Å². The third-order valence-corrected chi connectivity index (χ3v) is 7.84. The fraction of sp³-hybridized carbons (Fsp3) is 0.406. The van der Waals surface area contributed by atoms with Crippen molar-refractivity contribution < 1.29 is 44.1 Å². The molecule has 19 heteroatoms. The van der Waals surface area contributed by atoms with E-state index in [1.165, 1.54) is 48.5 Å². The molecule has 0 radical (unpaired) electrons. The summed E-state index contributed by atoms with van der Waals surface area (Å²) in [7, 11) is 0. The summed E-state index contributed by atoms with van der Waals surface area (Å²) >= 11 is 4.20. The smallest absolute Gasteiger partial charge is 0.326 e. The minimum absolute atomic E-state index is 0.0229. The summed E-state index contributed by atoms with van der Waals surface area (Å²) < 4.78 is 0. The maximum atomic E-state index is 13.6. The Hall–Kier alpha value is -5.56. The van der Waals surface area contributed by atoms with Gasteiger partial charge in [0, 0.05) is 31.6 Å². The van der Waals surface area contributed by atoms with Gasteiger partial charge in [-0.3, -0.25) is 29.4 Å². The monoisotopic (exact) mass is 731 g/mol. The molecule has 0 aliphatic heterocycles. The molecule has 0 aliphatic rings. The SMILES string of the molecule is N=C(N)NCCC[C@H](N)C(=O)N[C@@H](Cc1ccc(O)cc1)C(=O)N[C@@H](CS)C(=O)N[C@@H](Cc1ccc(O)cc1)C(=O)N[C@@H](CCC(N)=O)C(=O)O. The van der Waals surface area contributed by atoms with Crippen LogP contribution in [0.1, 0.15) is 36.8 Å². The molecule has 0 fully saturated rings. The molecular weight excluding hydrogens is 686 g/mol. The highest BCUT2D eigenvalue weighted by atomic mass is 32.1. The highest BCUT2D eigenvalue weighted by molar-refractivity contribution is 7.80. The van der Waals surface area contributed by atoms with Crippen molar-refractivity contribution in [2.45, 2.75) is 68.7 Å². The van der Waals surface area contributed by atoms with Crippen molar-refractivity contribution in [3.05, 3.63) is 59.7 Å². The quantitative estimate of drug-likeness (QED) is 0.0279. The molecule has 2 rings (SSSR count). The number of benzene rings is 2. The average molecular weight is 732 g/mol. The van der Waals surface area contributed by atoms with Gasteiger partial charge in [0.25, 0.3) is 0 Å². The van der Waals surface area contributed by atoms with E-state index in [9.17, 15) is 44.1 Å². The van der Waals surface area contributed by atoms with Crippen molar-refractivity contribution in [3.63, 3.8) is 0 Å². The van der Waals surface area contributed by atoms with Crippen molar-refractivity contribution in [2.75, 3.05) is 12.3 Å². The normalized spacial score (nSPS) is 13.7. The van der Waals surface area contributed by atoms with Crippen molar-refractivity contribution in [2.24, 2.45) is 17.2 Å². The Kier molecular flexibility index (Phi) is 17.0. The number of primary amides is 1. The number of aliphatic carboxylic acids is 1. The number of rotatable bonds is 21. The summed E-state index contributed by atoms with van der Waals surface area (Å²) in [6, 6.07) is 5.02. The van der Waals surface area contributed by atoms with Gasteiger partial charge in [0.05, 0.1) is 6.04 Å². The molecule has 15 N–H and O–H groups in total. The van der Waals surface area contributed by atoms with Gasteiger partial charge in [-0.25, -0.2) is 4.79 Å². The number of phenolic OH excluding ortho intramolecular Hbond substituents is 2. The molecule has 0 heterocycles. The van der Waals surface area contributed by atoms with Gasteiger partial charge < -0.3 is 59.1 Å². The lowest BCUT2D eigenvalue weighted by Gasteiger charge is -2.26. The lowest BCUT2D eigenvalue weighted by molar-refractivity contribution is -0.142. The second-order valence-corrected chi connectivity index (χ2v) is 12.0. The third kappa shape index (κ3) is 15.3. The maximum Gasteiger partial charge on any atom is 0.326 e. The summed E-state index contributed by atoms with van der Waals surface area (Å²) in [6.45, 7) is 0.294. The zero-order chi connectivity index (χ0) is 38.1. The minimum Gasteiger partial charge on any atom is -0.508 e. The molecule has 0 spiro atoms. The Balaban J connectivity index is 2.26. The van der Waals surface area contributed by atoms with Crippen LogP contribution in [0, 0.1) is 5.41 Å². The van der Waals surface area contributed by atoms with Crippen LogP contribution in [0.2, 0.25) is 0 Å². The molecule has 278 valence electrons. The highest BCUT2D eigenvalue weighted by Crippen LogP contribution is 2.14. The van der Waals surface area contributed by atoms with E-state index in [4.69, 9.17) is 22.6 Å². The molecule has 18 nitrogen and oxygen atoms in total. The molecule has 0 unspecified atom stereocenters. The predicted octanol–water partition coefficient (Wildman–Crippen LogP) is -2.31. The van der Waals surface area contributed by atoms with Crippen LogP contribution in [0.5, 0.6) is 11.5 Å². The first-order valence-corrected chi connectivity index (χ1v) is 16.5. The molecule has 0 saturated heterocycles. The molecular formula is C32H45N9O9S. The Morgan fingerprint density at radius 3 is 1.55 bits per heavy atom. The average Bonchev–Trinajstić information content (AvgIpc) is 3.07. The van der Waals surface area contributed by atoms with E-state index in [1.54, 1.807) is 0 Å². The first-order valence-electron chi connectivity index (χ1n) is 15.8. The van der Waals surface area contributed by atoms with Crippen LogP contribution in [0.15, 0.2) is 48.5 Å². The van der Waals surface area contributed by atoms with Crippen molar-refractivity contribution in [1.82, 2.24) is 26.6 Å². The number of guanidine groups is 1. The van der Waals surface area contributed by atoms with E-state index in [0.717, 1.165) is 0 Å². The second kappa shape index (κ2) is 20.8. The summed E-state index contributed by atoms with van der Waals surface area (Å²) in [5.41, 5.74) is 17.5. The molecule has 2 aromatic carbocycles. The lowest BCUT2D eigenvalue weighted by Crippen LogP contribution is -2.59. The topological polar surface area (TPSA) is 325 Å². The summed E-state index contributed by atoms with van der Waals surface area (Å²) in [5.74, 6) is -6.04. The largest absolute Gasteiger partial charge is 0.508 e. The van der Waals surface area contributed by atoms with Gasteiger partial charge in [-0.1, -0.05) is 24.3 Å². The number of aromatic hydroxyl groups is 2. The van der Waals surface area contributed by atoms with Gasteiger partial charge in [0.1, 0.15) is 35.7 Å². The molecule has 0 aromatic heterocycles. The molecule has 5 amide bonds. The number of carboxylic acid groups (broad SMARTS) is 1. The van der Waals surface area contributed by atoms with Gasteiger partial charge in [-0.05, 0) is 54.7 Å². The molecule has 0 saturated carbocycles. The van der Waals surface area contributed by atoms with Gasteiger partial charge in [-0.15, -0.1) is 0 Å². The third-order valence-electron chi connectivity index (χ3n) is 7.47. The number of hydrogen-bond acceptors (Lipinski definition) is 11. The number of amides is 5. The first kappa shape index (κ1) is 41.6. The van der Waals surface area contributed by atoms with Gasteiger partial charge in [0.2, 0.25) is 29.5 Å². The fourth-order valence-corrected chi connectivity index (χ4v) is 4.92. The van der Waals surface area contributed by atoms with Crippen LogP contribution < -0.4 is 43.8 Å². The number of nitrogens with two attached hydrogens (primary N) is 3. The number of carbonyl (C=O) groups is 6. The Morgan fingerprint density at radius 2 is 1.12 bits per heavy atom. The molecule has 0 bridgehead atoms. The number of nitrogens with one attached hydrogen (secondary N) is 6. The van der Waals surface area contributed by atoms with Crippen molar-refractivity contribution >= 4 is 54.1 Å². The zero-order valence-corrected chi connectivity index (χ0v) is 28.5. The van der Waals surface area contributed by atoms with E-state index in [2.05, 4.69) is 39.2 Å². The number of phenols is 2. The van der Waals surface area contributed by atoms with Crippen molar-refractivity contribution in [1.29, 1.82) is 5.41 Å². The molecule has 2 aromatic rings. The van der Waals surface area contributed by atoms with E-state index in [1.807, 2.05) is 0 Å². The fourth-order valence-electron chi connectivity index (χ4n) is 4.66. The second-order valence-electron chi connectivity index (χ2n) is 11.6. The van der Waals surface area contributed by atoms with E-state index < -0.39 is 65.7 Å². The van der Waals surface area contributed by atoms with Crippen LogP contribution in [0.4, 0.5) is 0 Å². The van der Waals surface area contributed by atoms with Gasteiger partial charge in [0.15, 0.2) is 5.96 Å². The van der Waals surface area contributed by atoms with Crippen LogP contribution in [0.3, 0.4) is 0 Å². The molecule has 5 atom stereocenters. The Morgan fingerprint density at radius 1 is 0.686 bits per heavy atom. The summed E-state index contributed by atoms with van der Waals surface area (Å²) in [4.78, 5) is 76.4. The zero-order valence-electron chi connectivity index (χ0n) is 27.6. The Labute approximate surface area is 299 Å². The summed E-state index contributed by atoms with van der Waals surface area (Å²) in [5, 5.41) is 48.7. The van der Waals surface area contributed by atoms with E-state index >= 15 is 0 Å². The van der Waals surface area contributed by atoms with E-state index in [0.29, 0.717) is 24.1 Å². The first-order chi connectivity index (χ1) is 24.1. The minimum atomic E-state index is -1.51. The van der Waals surface area contributed by atoms with Crippen LogP contribution in [0.25, 0.3) is 0 Å². The number of thiol groups is 1.